The summed E-state index contributed by atoms with van der Waals surface area (Å²) in [6.07, 6.45) is 4.48. The molecule has 3 aromatic heterocycles. The number of rotatable bonds is 3. The van der Waals surface area contributed by atoms with Gasteiger partial charge in [-0.3, -0.25) is 4.79 Å². The highest BCUT2D eigenvalue weighted by Crippen LogP contribution is 2.20. The molecule has 3 aromatic rings. The molecule has 0 amide bonds. The van der Waals surface area contributed by atoms with Crippen LogP contribution in [-0.2, 0) is 9.73 Å². The maximum atomic E-state index is 12.7. The maximum Gasteiger partial charge on any atom is 0.278 e. The normalized spacial score (nSPS) is 12.0. The average molecular weight is 361 g/mol. The summed E-state index contributed by atoms with van der Waals surface area (Å²) in [6, 6.07) is 4.97. The van der Waals surface area contributed by atoms with Crippen molar-refractivity contribution in [2.75, 3.05) is 18.2 Å². The molecule has 0 aromatic carbocycles. The second kappa shape index (κ2) is 5.96. The predicted molar refractivity (Wildman–Crippen MR) is 97.8 cm³/mol. The molecule has 0 aliphatic rings. The number of nitrogens with two attached hydrogens (primary N) is 1. The van der Waals surface area contributed by atoms with Crippen LogP contribution in [0.25, 0.3) is 16.9 Å². The number of fused-ring (bicyclic) bond motifs is 1. The summed E-state index contributed by atoms with van der Waals surface area (Å²) in [5, 5.41) is 0.349. The van der Waals surface area contributed by atoms with Gasteiger partial charge in [0.2, 0.25) is 5.95 Å². The van der Waals surface area contributed by atoms with Gasteiger partial charge in [0.1, 0.15) is 5.39 Å². The fourth-order valence-corrected chi connectivity index (χ4v) is 3.06. The van der Waals surface area contributed by atoms with Crippen molar-refractivity contribution >= 4 is 32.5 Å². The minimum absolute atomic E-state index is 0.0631. The van der Waals surface area contributed by atoms with Gasteiger partial charge in [-0.2, -0.15) is 9.35 Å². The smallest absolute Gasteiger partial charge is 0.278 e. The van der Waals surface area contributed by atoms with E-state index in [1.165, 1.54) is 23.4 Å². The van der Waals surface area contributed by atoms with Crippen molar-refractivity contribution in [3.05, 3.63) is 34.7 Å². The Kier molecular flexibility index (Phi) is 4.07. The number of pyridine rings is 1. The monoisotopic (exact) mass is 361 g/mol. The number of aromatic nitrogens is 5. The Balaban J connectivity index is 2.38. The first kappa shape index (κ1) is 17.1. The Hall–Kier alpha value is -2.75. The zero-order valence-corrected chi connectivity index (χ0v) is 15.2. The molecule has 132 valence electrons. The molecular weight excluding hydrogens is 342 g/mol. The molecule has 9 nitrogen and oxygen atoms in total. The predicted octanol–water partition coefficient (Wildman–Crippen LogP) is 1.50. The Labute approximate surface area is 144 Å². The minimum atomic E-state index is -2.36. The average Bonchev–Trinajstić information content (AvgIpc) is 2.78. The van der Waals surface area contributed by atoms with Crippen molar-refractivity contribution in [2.45, 2.75) is 19.9 Å². The molecule has 0 unspecified atom stereocenters. The van der Waals surface area contributed by atoms with Gasteiger partial charge in [-0.05, 0) is 26.0 Å². The summed E-state index contributed by atoms with van der Waals surface area (Å²) in [5.41, 5.74) is 5.83. The third kappa shape index (κ3) is 3.25. The van der Waals surface area contributed by atoms with E-state index in [0.717, 1.165) is 0 Å². The van der Waals surface area contributed by atoms with Gasteiger partial charge in [0, 0.05) is 34.5 Å². The highest BCUT2D eigenvalue weighted by Gasteiger charge is 2.19. The van der Waals surface area contributed by atoms with Gasteiger partial charge < -0.3 is 5.73 Å². The molecule has 0 fully saturated rings. The molecule has 0 aliphatic heterocycles. The Morgan fingerprint density at radius 3 is 2.60 bits per heavy atom. The SMILES string of the molecule is CC(C)n1c(=O)c2cnc(N)nc2n1-c1cccc(N=S(C)(C)=O)n1. The van der Waals surface area contributed by atoms with Crippen LogP contribution in [0, 0.1) is 0 Å². The Morgan fingerprint density at radius 1 is 1.24 bits per heavy atom. The van der Waals surface area contributed by atoms with Crippen molar-refractivity contribution in [1.29, 1.82) is 0 Å². The molecule has 25 heavy (non-hydrogen) atoms. The summed E-state index contributed by atoms with van der Waals surface area (Å²) in [5.74, 6) is 0.816. The first-order valence-electron chi connectivity index (χ1n) is 7.57. The summed E-state index contributed by atoms with van der Waals surface area (Å²) in [4.78, 5) is 25.2. The maximum absolute atomic E-state index is 12.7. The highest BCUT2D eigenvalue weighted by atomic mass is 32.2. The molecule has 0 spiro atoms. The van der Waals surface area contributed by atoms with Crippen LogP contribution < -0.4 is 11.3 Å². The molecule has 0 aliphatic carbocycles. The van der Waals surface area contributed by atoms with Crippen molar-refractivity contribution in [3.63, 3.8) is 0 Å². The molecule has 0 atom stereocenters. The Morgan fingerprint density at radius 2 is 1.96 bits per heavy atom. The Bertz CT molecular complexity index is 1130. The zero-order valence-electron chi connectivity index (χ0n) is 14.4. The number of anilines is 1. The molecule has 3 heterocycles. The fraction of sp³-hybridized carbons (Fsp3) is 0.333. The quantitative estimate of drug-likeness (QED) is 0.754. The number of nitrogen functional groups attached to an aromatic ring is 1. The number of hydrogen-bond acceptors (Lipinski definition) is 7. The van der Waals surface area contributed by atoms with Crippen LogP contribution in [0.15, 0.2) is 33.6 Å². The van der Waals surface area contributed by atoms with E-state index in [4.69, 9.17) is 5.73 Å². The van der Waals surface area contributed by atoms with E-state index < -0.39 is 9.73 Å². The first-order valence-corrected chi connectivity index (χ1v) is 9.91. The standard InChI is InChI=1S/C15H19N7O2S/c1-9(2)21-14(23)10-8-17-15(16)19-13(10)22(21)12-7-5-6-11(18-12)20-25(3,4)24/h5-9H,1-4H3,(H2,16,17,19). The molecule has 0 saturated heterocycles. The van der Waals surface area contributed by atoms with Crippen LogP contribution >= 0.6 is 0 Å². The zero-order chi connectivity index (χ0) is 18.4. The third-order valence-electron chi connectivity index (χ3n) is 3.38. The summed E-state index contributed by atoms with van der Waals surface area (Å²) >= 11 is 0. The van der Waals surface area contributed by atoms with Crippen LogP contribution in [0.2, 0.25) is 0 Å². The van der Waals surface area contributed by atoms with Crippen LogP contribution in [0.5, 0.6) is 0 Å². The molecule has 0 saturated carbocycles. The van der Waals surface area contributed by atoms with Crippen molar-refractivity contribution in [3.8, 4) is 5.82 Å². The van der Waals surface area contributed by atoms with Crippen molar-refractivity contribution < 1.29 is 4.21 Å². The topological polar surface area (TPSA) is 121 Å². The van der Waals surface area contributed by atoms with Gasteiger partial charge in [-0.25, -0.2) is 23.5 Å². The largest absolute Gasteiger partial charge is 0.368 e. The van der Waals surface area contributed by atoms with Crippen molar-refractivity contribution in [2.24, 2.45) is 4.36 Å². The number of hydrogen-bond donors (Lipinski definition) is 1. The molecule has 3 rings (SSSR count). The van der Waals surface area contributed by atoms with Crippen molar-refractivity contribution in [1.82, 2.24) is 24.3 Å². The lowest BCUT2D eigenvalue weighted by atomic mass is 10.4. The van der Waals surface area contributed by atoms with E-state index in [9.17, 15) is 9.00 Å². The highest BCUT2D eigenvalue weighted by molar-refractivity contribution is 7.92. The lowest BCUT2D eigenvalue weighted by Gasteiger charge is -2.14. The second-order valence-electron chi connectivity index (χ2n) is 6.15. The van der Waals surface area contributed by atoms with Crippen LogP contribution in [-0.4, -0.2) is 41.0 Å². The van der Waals surface area contributed by atoms with E-state index >= 15 is 0 Å². The fourth-order valence-electron chi connectivity index (χ4n) is 2.51. The van der Waals surface area contributed by atoms with E-state index in [1.54, 1.807) is 22.9 Å². The molecule has 0 bridgehead atoms. The van der Waals surface area contributed by atoms with Gasteiger partial charge in [-0.1, -0.05) is 6.07 Å². The summed E-state index contributed by atoms with van der Waals surface area (Å²) in [7, 11) is -2.36. The lowest BCUT2D eigenvalue weighted by Crippen LogP contribution is -2.24. The lowest BCUT2D eigenvalue weighted by molar-refractivity contribution is 0.472. The van der Waals surface area contributed by atoms with Crippen LogP contribution in [0.4, 0.5) is 11.8 Å². The van der Waals surface area contributed by atoms with Crippen LogP contribution in [0.3, 0.4) is 0 Å². The van der Waals surface area contributed by atoms with Gasteiger partial charge in [0.05, 0.1) is 0 Å². The summed E-state index contributed by atoms with van der Waals surface area (Å²) < 4.78 is 19.2. The second-order valence-corrected chi connectivity index (χ2v) is 8.69. The molecular formula is C15H19N7O2S. The summed E-state index contributed by atoms with van der Waals surface area (Å²) in [6.45, 7) is 3.76. The van der Waals surface area contributed by atoms with E-state index in [1.807, 2.05) is 13.8 Å². The first-order chi connectivity index (χ1) is 11.7. The molecule has 0 radical (unpaired) electrons. The van der Waals surface area contributed by atoms with E-state index in [-0.39, 0.29) is 17.5 Å². The molecule has 10 heteroatoms. The van der Waals surface area contributed by atoms with E-state index in [2.05, 4.69) is 19.3 Å². The van der Waals surface area contributed by atoms with E-state index in [0.29, 0.717) is 22.7 Å². The number of nitrogens with zero attached hydrogens (tertiary/aromatic N) is 6. The minimum Gasteiger partial charge on any atom is -0.368 e. The van der Waals surface area contributed by atoms with Gasteiger partial charge in [-0.15, -0.1) is 0 Å². The van der Waals surface area contributed by atoms with Gasteiger partial charge in [0.25, 0.3) is 5.56 Å². The third-order valence-corrected chi connectivity index (χ3v) is 4.01. The van der Waals surface area contributed by atoms with Crippen LogP contribution in [0.1, 0.15) is 19.9 Å². The van der Waals surface area contributed by atoms with Gasteiger partial charge in [0.15, 0.2) is 17.3 Å². The van der Waals surface area contributed by atoms with Gasteiger partial charge >= 0.3 is 0 Å². The molecule has 2 N–H and O–H groups in total.